The third kappa shape index (κ3) is 2.47. The second kappa shape index (κ2) is 5.01. The number of nitrogens with zero attached hydrogens (tertiary/aromatic N) is 2. The molecule has 1 aromatic rings. The van der Waals surface area contributed by atoms with E-state index in [1.807, 2.05) is 6.07 Å². The van der Waals surface area contributed by atoms with Crippen LogP contribution in [0.3, 0.4) is 0 Å². The number of nitrogens with two attached hydrogens (primary N) is 1. The zero-order valence-electron chi connectivity index (χ0n) is 9.32. The Hall–Kier alpha value is -0.810. The van der Waals surface area contributed by atoms with Crippen LogP contribution in [0.4, 0.5) is 11.5 Å². The lowest BCUT2D eigenvalue weighted by Gasteiger charge is -2.32. The van der Waals surface area contributed by atoms with Gasteiger partial charge in [0.15, 0.2) is 0 Å². The van der Waals surface area contributed by atoms with Crippen LogP contribution in [0.5, 0.6) is 0 Å². The summed E-state index contributed by atoms with van der Waals surface area (Å²) in [6.45, 7) is 1.67. The summed E-state index contributed by atoms with van der Waals surface area (Å²) in [5.41, 5.74) is 6.35. The molecule has 0 aromatic carbocycles. The fourth-order valence-electron chi connectivity index (χ4n) is 1.95. The summed E-state index contributed by atoms with van der Waals surface area (Å²) >= 11 is 3.50. The fraction of sp³-hybridized carbons (Fsp3) is 0.545. The number of hydrogen-bond donors (Lipinski definition) is 1. The number of ether oxygens (including phenoxy) is 1. The van der Waals surface area contributed by atoms with Crippen LogP contribution >= 0.6 is 15.9 Å². The molecule has 2 N–H and O–H groups in total. The van der Waals surface area contributed by atoms with Gasteiger partial charge in [0.25, 0.3) is 0 Å². The smallest absolute Gasteiger partial charge is 0.143 e. The minimum absolute atomic E-state index is 0.501. The molecule has 1 aliphatic heterocycles. The highest BCUT2D eigenvalue weighted by molar-refractivity contribution is 9.10. The Kier molecular flexibility index (Phi) is 3.66. The van der Waals surface area contributed by atoms with E-state index in [1.165, 1.54) is 0 Å². The lowest BCUT2D eigenvalue weighted by molar-refractivity contribution is 0.0853. The van der Waals surface area contributed by atoms with Crippen LogP contribution in [-0.4, -0.2) is 31.3 Å². The first-order chi connectivity index (χ1) is 7.68. The lowest BCUT2D eigenvalue weighted by atomic mass is 10.1. The fourth-order valence-corrected chi connectivity index (χ4v) is 2.60. The molecule has 1 aromatic heterocycles. The van der Waals surface area contributed by atoms with Crippen LogP contribution < -0.4 is 10.6 Å². The van der Waals surface area contributed by atoms with Crippen LogP contribution in [0.2, 0.25) is 0 Å². The third-order valence-electron chi connectivity index (χ3n) is 2.92. The minimum Gasteiger partial charge on any atom is -0.397 e. The monoisotopic (exact) mass is 285 g/mol. The molecule has 0 radical (unpaired) electrons. The van der Waals surface area contributed by atoms with E-state index in [0.29, 0.717) is 11.7 Å². The van der Waals surface area contributed by atoms with E-state index in [2.05, 4.69) is 32.9 Å². The molecule has 0 saturated carbocycles. The van der Waals surface area contributed by atoms with Gasteiger partial charge in [-0.3, -0.25) is 0 Å². The van der Waals surface area contributed by atoms with E-state index in [-0.39, 0.29) is 0 Å². The predicted molar refractivity (Wildman–Crippen MR) is 68.6 cm³/mol. The highest BCUT2D eigenvalue weighted by Gasteiger charge is 2.20. The Bertz CT molecular complexity index is 366. The number of nitrogen functional groups attached to an aromatic ring is 1. The number of halogens is 1. The number of rotatable bonds is 2. The molecule has 16 heavy (non-hydrogen) atoms. The van der Waals surface area contributed by atoms with Gasteiger partial charge in [0.1, 0.15) is 5.82 Å². The van der Waals surface area contributed by atoms with Gasteiger partial charge in [0.05, 0.1) is 16.4 Å². The molecule has 1 saturated heterocycles. The Morgan fingerprint density at radius 1 is 1.50 bits per heavy atom. The summed E-state index contributed by atoms with van der Waals surface area (Å²) in [6, 6.07) is 2.39. The first-order valence-electron chi connectivity index (χ1n) is 5.40. The molecule has 2 heterocycles. The number of aromatic nitrogens is 1. The summed E-state index contributed by atoms with van der Waals surface area (Å²) < 4.78 is 6.30. The highest BCUT2D eigenvalue weighted by Crippen LogP contribution is 2.28. The maximum absolute atomic E-state index is 5.68. The number of hydrogen-bond acceptors (Lipinski definition) is 4. The van der Waals surface area contributed by atoms with Gasteiger partial charge in [-0.2, -0.15) is 0 Å². The molecule has 0 amide bonds. The molecule has 0 bridgehead atoms. The molecule has 0 spiro atoms. The second-order valence-corrected chi connectivity index (χ2v) is 4.88. The van der Waals surface area contributed by atoms with Crippen molar-refractivity contribution in [3.63, 3.8) is 0 Å². The van der Waals surface area contributed by atoms with Crippen molar-refractivity contribution in [2.24, 2.45) is 0 Å². The number of anilines is 2. The van der Waals surface area contributed by atoms with Gasteiger partial charge >= 0.3 is 0 Å². The van der Waals surface area contributed by atoms with E-state index in [4.69, 9.17) is 10.5 Å². The first-order valence-corrected chi connectivity index (χ1v) is 6.19. The normalized spacial score (nSPS) is 17.4. The van der Waals surface area contributed by atoms with Crippen LogP contribution in [0, 0.1) is 0 Å². The molecule has 1 fully saturated rings. The Balaban J connectivity index is 2.15. The first kappa shape index (κ1) is 11.7. The van der Waals surface area contributed by atoms with E-state index in [9.17, 15) is 0 Å². The van der Waals surface area contributed by atoms with Crippen LogP contribution in [0.15, 0.2) is 16.7 Å². The Labute approximate surface area is 104 Å². The Morgan fingerprint density at radius 2 is 2.19 bits per heavy atom. The van der Waals surface area contributed by atoms with E-state index in [0.717, 1.165) is 36.3 Å². The van der Waals surface area contributed by atoms with Crippen molar-refractivity contribution in [3.8, 4) is 0 Å². The summed E-state index contributed by atoms with van der Waals surface area (Å²) in [6.07, 6.45) is 3.79. The average molecular weight is 286 g/mol. The van der Waals surface area contributed by atoms with Crippen molar-refractivity contribution in [2.75, 3.05) is 30.9 Å². The quantitative estimate of drug-likeness (QED) is 0.904. The minimum atomic E-state index is 0.501. The second-order valence-electron chi connectivity index (χ2n) is 4.03. The standard InChI is InChI=1S/C11H16BrN3O/c1-15(9-2-4-16-5-3-9)11-10(12)6-8(13)7-14-11/h6-7,9H,2-5,13H2,1H3. The molecule has 5 heteroatoms. The van der Waals surface area contributed by atoms with Crippen molar-refractivity contribution < 1.29 is 4.74 Å². The van der Waals surface area contributed by atoms with Crippen molar-refractivity contribution in [2.45, 2.75) is 18.9 Å². The third-order valence-corrected chi connectivity index (χ3v) is 3.50. The molecule has 2 rings (SSSR count). The maximum atomic E-state index is 5.68. The van der Waals surface area contributed by atoms with E-state index < -0.39 is 0 Å². The van der Waals surface area contributed by atoms with Crippen LogP contribution in [0.1, 0.15) is 12.8 Å². The summed E-state index contributed by atoms with van der Waals surface area (Å²) in [4.78, 5) is 6.57. The van der Waals surface area contributed by atoms with Gasteiger partial charge in [-0.15, -0.1) is 0 Å². The number of pyridine rings is 1. The zero-order chi connectivity index (χ0) is 11.5. The Morgan fingerprint density at radius 3 is 2.81 bits per heavy atom. The SMILES string of the molecule is CN(c1ncc(N)cc1Br)C1CCOCC1. The average Bonchev–Trinajstić information content (AvgIpc) is 2.29. The van der Waals surface area contributed by atoms with Gasteiger partial charge in [-0.05, 0) is 34.8 Å². The molecule has 1 aliphatic rings. The summed E-state index contributed by atoms with van der Waals surface area (Å²) in [5, 5.41) is 0. The molecular formula is C11H16BrN3O. The van der Waals surface area contributed by atoms with Crippen molar-refractivity contribution in [1.82, 2.24) is 4.98 Å². The molecule has 0 atom stereocenters. The van der Waals surface area contributed by atoms with Gasteiger partial charge in [0, 0.05) is 26.3 Å². The van der Waals surface area contributed by atoms with Crippen LogP contribution in [0.25, 0.3) is 0 Å². The largest absolute Gasteiger partial charge is 0.397 e. The topological polar surface area (TPSA) is 51.4 Å². The van der Waals surface area contributed by atoms with Crippen molar-refractivity contribution in [3.05, 3.63) is 16.7 Å². The van der Waals surface area contributed by atoms with Crippen LogP contribution in [-0.2, 0) is 4.74 Å². The molecule has 0 unspecified atom stereocenters. The highest BCUT2D eigenvalue weighted by atomic mass is 79.9. The van der Waals surface area contributed by atoms with E-state index >= 15 is 0 Å². The van der Waals surface area contributed by atoms with E-state index in [1.54, 1.807) is 6.20 Å². The molecule has 88 valence electrons. The van der Waals surface area contributed by atoms with Crippen molar-refractivity contribution >= 4 is 27.4 Å². The van der Waals surface area contributed by atoms with Gasteiger partial charge in [0.2, 0.25) is 0 Å². The van der Waals surface area contributed by atoms with Crippen molar-refractivity contribution in [1.29, 1.82) is 0 Å². The molecular weight excluding hydrogens is 270 g/mol. The zero-order valence-corrected chi connectivity index (χ0v) is 10.9. The maximum Gasteiger partial charge on any atom is 0.143 e. The van der Waals surface area contributed by atoms with Gasteiger partial charge < -0.3 is 15.4 Å². The molecule has 4 nitrogen and oxygen atoms in total. The van der Waals surface area contributed by atoms with Gasteiger partial charge in [-0.25, -0.2) is 4.98 Å². The predicted octanol–water partition coefficient (Wildman–Crippen LogP) is 2.04. The summed E-state index contributed by atoms with van der Waals surface area (Å²) in [5.74, 6) is 0.945. The molecule has 0 aliphatic carbocycles. The lowest BCUT2D eigenvalue weighted by Crippen LogP contribution is -2.37. The van der Waals surface area contributed by atoms with Gasteiger partial charge in [-0.1, -0.05) is 0 Å². The summed E-state index contributed by atoms with van der Waals surface area (Å²) in [7, 11) is 2.07.